The van der Waals surface area contributed by atoms with Gasteiger partial charge in [0, 0.05) is 0 Å². The SMILES string of the molecule is C=C(OCC)/C(F)=C(/F)C(=C)C(C)CCC(C)CCc1ccc(C)c(F)c1. The maximum Gasteiger partial charge on any atom is 0.200 e. The van der Waals surface area contributed by atoms with Crippen LogP contribution < -0.4 is 0 Å². The molecule has 0 amide bonds. The fraction of sp³-hybridized carbons (Fsp3) is 0.478. The smallest absolute Gasteiger partial charge is 0.200 e. The molecule has 1 nitrogen and oxygen atoms in total. The number of hydrogen-bond acceptors (Lipinski definition) is 1. The summed E-state index contributed by atoms with van der Waals surface area (Å²) >= 11 is 0. The van der Waals surface area contributed by atoms with Crippen LogP contribution in [-0.4, -0.2) is 6.61 Å². The Bertz CT molecular complexity index is 691. The summed E-state index contributed by atoms with van der Waals surface area (Å²) in [6, 6.07) is 5.33. The Balaban J connectivity index is 2.51. The largest absolute Gasteiger partial charge is 0.491 e. The molecule has 4 heteroatoms. The normalized spacial score (nSPS) is 14.3. The molecule has 27 heavy (non-hydrogen) atoms. The van der Waals surface area contributed by atoms with Crippen molar-refractivity contribution in [2.24, 2.45) is 11.8 Å². The van der Waals surface area contributed by atoms with Crippen molar-refractivity contribution in [1.29, 1.82) is 0 Å². The van der Waals surface area contributed by atoms with Crippen LogP contribution in [0.4, 0.5) is 13.2 Å². The van der Waals surface area contributed by atoms with Gasteiger partial charge in [0.2, 0.25) is 0 Å². The molecule has 0 radical (unpaired) electrons. The van der Waals surface area contributed by atoms with E-state index in [1.165, 1.54) is 0 Å². The maximum atomic E-state index is 14.2. The molecule has 0 bridgehead atoms. The van der Waals surface area contributed by atoms with E-state index in [1.807, 2.05) is 13.0 Å². The second-order valence-corrected chi connectivity index (χ2v) is 7.22. The van der Waals surface area contributed by atoms with Gasteiger partial charge < -0.3 is 4.74 Å². The van der Waals surface area contributed by atoms with Gasteiger partial charge in [-0.05, 0) is 67.7 Å². The van der Waals surface area contributed by atoms with Crippen molar-refractivity contribution >= 4 is 0 Å². The van der Waals surface area contributed by atoms with E-state index in [9.17, 15) is 13.2 Å². The summed E-state index contributed by atoms with van der Waals surface area (Å²) < 4.78 is 46.7. The average Bonchev–Trinajstić information content (AvgIpc) is 2.65. The first-order valence-electron chi connectivity index (χ1n) is 9.48. The molecule has 2 atom stereocenters. The van der Waals surface area contributed by atoms with Gasteiger partial charge in [0.05, 0.1) is 6.61 Å². The van der Waals surface area contributed by atoms with Gasteiger partial charge in [-0.25, -0.2) is 8.78 Å². The van der Waals surface area contributed by atoms with Gasteiger partial charge in [-0.15, -0.1) is 0 Å². The van der Waals surface area contributed by atoms with Crippen molar-refractivity contribution in [2.45, 2.75) is 53.4 Å². The highest BCUT2D eigenvalue weighted by atomic mass is 19.2. The standard InChI is InChI=1S/C23H31F3O/c1-7-27-19(6)23(26)22(25)18(5)16(3)10-8-15(2)9-12-20-13-11-17(4)21(24)14-20/h11,13-16H,5-10,12H2,1-4H3/b23-22-. The van der Waals surface area contributed by atoms with E-state index in [2.05, 4.69) is 20.1 Å². The molecule has 0 saturated carbocycles. The van der Waals surface area contributed by atoms with Crippen molar-refractivity contribution in [3.05, 3.63) is 71.3 Å². The number of allylic oxidation sites excluding steroid dienone is 3. The van der Waals surface area contributed by atoms with Gasteiger partial charge in [-0.3, -0.25) is 0 Å². The third kappa shape index (κ3) is 7.28. The highest BCUT2D eigenvalue weighted by Gasteiger charge is 2.19. The first-order valence-corrected chi connectivity index (χ1v) is 9.48. The summed E-state index contributed by atoms with van der Waals surface area (Å²) in [5, 5.41) is 0. The zero-order valence-corrected chi connectivity index (χ0v) is 16.9. The van der Waals surface area contributed by atoms with Crippen molar-refractivity contribution in [3.63, 3.8) is 0 Å². The number of benzene rings is 1. The van der Waals surface area contributed by atoms with Crippen molar-refractivity contribution in [2.75, 3.05) is 6.61 Å². The molecule has 0 saturated heterocycles. The number of halogens is 3. The number of hydrogen-bond donors (Lipinski definition) is 0. The molecule has 0 aliphatic rings. The Morgan fingerprint density at radius 2 is 1.74 bits per heavy atom. The topological polar surface area (TPSA) is 9.23 Å². The van der Waals surface area contributed by atoms with Gasteiger partial charge in [0.15, 0.2) is 17.4 Å². The van der Waals surface area contributed by atoms with E-state index in [0.717, 1.165) is 24.8 Å². The van der Waals surface area contributed by atoms with Gasteiger partial charge in [-0.2, -0.15) is 4.39 Å². The third-order valence-corrected chi connectivity index (χ3v) is 4.89. The van der Waals surface area contributed by atoms with Gasteiger partial charge >= 0.3 is 0 Å². The second kappa shape index (κ2) is 11.0. The van der Waals surface area contributed by atoms with Crippen LogP contribution in [0.3, 0.4) is 0 Å². The summed E-state index contributed by atoms with van der Waals surface area (Å²) in [6.07, 6.45) is 3.26. The third-order valence-electron chi connectivity index (χ3n) is 4.89. The lowest BCUT2D eigenvalue weighted by Crippen LogP contribution is -2.06. The Kier molecular flexibility index (Phi) is 9.40. The van der Waals surface area contributed by atoms with Crippen LogP contribution in [-0.2, 0) is 11.2 Å². The minimum absolute atomic E-state index is 0.126. The first kappa shape index (κ1) is 23.1. The van der Waals surface area contributed by atoms with Gasteiger partial charge in [0.1, 0.15) is 5.82 Å². The van der Waals surface area contributed by atoms with E-state index in [1.54, 1.807) is 26.0 Å². The summed E-state index contributed by atoms with van der Waals surface area (Å²) in [5.74, 6) is -2.35. The Hall–Kier alpha value is -1.97. The lowest BCUT2D eigenvalue weighted by atomic mass is 9.89. The number of ether oxygens (including phenoxy) is 1. The molecule has 0 heterocycles. The fourth-order valence-corrected chi connectivity index (χ4v) is 2.78. The molecule has 1 rings (SSSR count). The molecule has 0 aromatic heterocycles. The van der Waals surface area contributed by atoms with E-state index in [-0.39, 0.29) is 29.7 Å². The molecule has 0 spiro atoms. The predicted octanol–water partition coefficient (Wildman–Crippen LogP) is 7.38. The van der Waals surface area contributed by atoms with Gasteiger partial charge in [0.25, 0.3) is 0 Å². The average molecular weight is 380 g/mol. The van der Waals surface area contributed by atoms with Crippen LogP contribution in [0.1, 0.15) is 51.2 Å². The van der Waals surface area contributed by atoms with E-state index < -0.39 is 11.7 Å². The number of aryl methyl sites for hydroxylation is 2. The predicted molar refractivity (Wildman–Crippen MR) is 106 cm³/mol. The summed E-state index contributed by atoms with van der Waals surface area (Å²) in [6.45, 7) is 14.7. The highest BCUT2D eigenvalue weighted by Crippen LogP contribution is 2.30. The van der Waals surface area contributed by atoms with Crippen LogP contribution >= 0.6 is 0 Å². The van der Waals surface area contributed by atoms with Crippen LogP contribution in [0.15, 0.2) is 54.3 Å². The zero-order valence-electron chi connectivity index (χ0n) is 16.9. The summed E-state index contributed by atoms with van der Waals surface area (Å²) in [5.41, 5.74) is 1.75. The second-order valence-electron chi connectivity index (χ2n) is 7.22. The van der Waals surface area contributed by atoms with Crippen LogP contribution in [0.5, 0.6) is 0 Å². The molecule has 0 N–H and O–H groups in total. The Morgan fingerprint density at radius 3 is 2.33 bits per heavy atom. The molecule has 1 aromatic rings. The maximum absolute atomic E-state index is 14.2. The van der Waals surface area contributed by atoms with E-state index in [4.69, 9.17) is 4.74 Å². The zero-order chi connectivity index (χ0) is 20.6. The highest BCUT2D eigenvalue weighted by molar-refractivity contribution is 5.33. The molecule has 0 aliphatic carbocycles. The molecule has 1 aromatic carbocycles. The molecule has 2 unspecified atom stereocenters. The minimum atomic E-state index is -1.08. The van der Waals surface area contributed by atoms with Crippen molar-refractivity contribution in [3.8, 4) is 0 Å². The summed E-state index contributed by atoms with van der Waals surface area (Å²) in [4.78, 5) is 0. The quantitative estimate of drug-likeness (QED) is 0.287. The molecule has 150 valence electrons. The number of rotatable bonds is 11. The molecule has 0 fully saturated rings. The van der Waals surface area contributed by atoms with E-state index >= 15 is 0 Å². The first-order chi connectivity index (χ1) is 12.7. The minimum Gasteiger partial charge on any atom is -0.491 e. The molecule has 0 aliphatic heterocycles. The Labute approximate surface area is 161 Å². The van der Waals surface area contributed by atoms with Crippen LogP contribution in [0.25, 0.3) is 0 Å². The van der Waals surface area contributed by atoms with Crippen molar-refractivity contribution < 1.29 is 17.9 Å². The van der Waals surface area contributed by atoms with Crippen molar-refractivity contribution in [1.82, 2.24) is 0 Å². The van der Waals surface area contributed by atoms with Gasteiger partial charge in [-0.1, -0.05) is 45.6 Å². The lowest BCUT2D eigenvalue weighted by Gasteiger charge is -2.17. The monoisotopic (exact) mass is 380 g/mol. The van der Waals surface area contributed by atoms with Crippen LogP contribution in [0.2, 0.25) is 0 Å². The fourth-order valence-electron chi connectivity index (χ4n) is 2.78. The van der Waals surface area contributed by atoms with Crippen LogP contribution in [0, 0.1) is 24.6 Å². The lowest BCUT2D eigenvalue weighted by molar-refractivity contribution is 0.223. The Morgan fingerprint density at radius 1 is 1.07 bits per heavy atom. The van der Waals surface area contributed by atoms with E-state index in [0.29, 0.717) is 17.9 Å². The molecular formula is C23H31F3O. The summed E-state index contributed by atoms with van der Waals surface area (Å²) in [7, 11) is 0. The molecular weight excluding hydrogens is 349 g/mol.